The van der Waals surface area contributed by atoms with Crippen LogP contribution in [0.1, 0.15) is 23.5 Å². The van der Waals surface area contributed by atoms with Gasteiger partial charge in [-0.2, -0.15) is 0 Å². The Morgan fingerprint density at radius 1 is 1.07 bits per heavy atom. The van der Waals surface area contributed by atoms with Crippen molar-refractivity contribution < 1.29 is 4.74 Å². The minimum atomic E-state index is 0.204. The summed E-state index contributed by atoms with van der Waals surface area (Å²) in [5.41, 5.74) is 3.69. The van der Waals surface area contributed by atoms with Crippen LogP contribution in [0.4, 0.5) is 0 Å². The molecule has 3 aromatic rings. The second-order valence-electron chi connectivity index (χ2n) is 7.67. The fourth-order valence-electron chi connectivity index (χ4n) is 3.99. The first-order valence-corrected chi connectivity index (χ1v) is 10.5. The van der Waals surface area contributed by atoms with Crippen LogP contribution >= 0.6 is 0 Å². The van der Waals surface area contributed by atoms with E-state index in [-0.39, 0.29) is 6.10 Å². The predicted octanol–water partition coefficient (Wildman–Crippen LogP) is 3.56. The standard InChI is InChI=1S/C24H30N4O/c1-20-26-16-23(28(20)22-11-6-3-7-12-22)15-25-17-24-19-27(13-8-14-29-24)18-21-9-4-2-5-10-21/h2-7,9-12,16,24-25H,8,13-15,17-19H2,1H3/t24-/m0/s1. The molecule has 1 aliphatic rings. The monoisotopic (exact) mass is 390 g/mol. The fraction of sp³-hybridized carbons (Fsp3) is 0.375. The quantitative estimate of drug-likeness (QED) is 0.670. The van der Waals surface area contributed by atoms with Crippen molar-refractivity contribution in [1.29, 1.82) is 0 Å². The van der Waals surface area contributed by atoms with E-state index in [1.807, 2.05) is 19.2 Å². The molecule has 0 aliphatic carbocycles. The lowest BCUT2D eigenvalue weighted by molar-refractivity contribution is 0.0532. The van der Waals surface area contributed by atoms with Crippen molar-refractivity contribution in [2.75, 3.05) is 26.2 Å². The molecule has 1 atom stereocenters. The normalized spacial score (nSPS) is 17.9. The number of hydrogen-bond acceptors (Lipinski definition) is 4. The molecule has 29 heavy (non-hydrogen) atoms. The summed E-state index contributed by atoms with van der Waals surface area (Å²) in [6.45, 7) is 7.52. The average Bonchev–Trinajstić information content (AvgIpc) is 2.97. The molecule has 0 radical (unpaired) electrons. The zero-order valence-corrected chi connectivity index (χ0v) is 17.1. The van der Waals surface area contributed by atoms with Crippen molar-refractivity contribution in [2.45, 2.75) is 32.5 Å². The molecule has 2 heterocycles. The Morgan fingerprint density at radius 3 is 2.62 bits per heavy atom. The van der Waals surface area contributed by atoms with E-state index in [4.69, 9.17) is 4.74 Å². The SMILES string of the molecule is Cc1ncc(CNC[C@H]2CN(Cc3ccccc3)CCCO2)n1-c1ccccc1. The molecule has 2 aromatic carbocycles. The van der Waals surface area contributed by atoms with Gasteiger partial charge in [-0.1, -0.05) is 48.5 Å². The first-order valence-electron chi connectivity index (χ1n) is 10.5. The molecule has 1 N–H and O–H groups in total. The largest absolute Gasteiger partial charge is 0.376 e. The maximum Gasteiger partial charge on any atom is 0.110 e. The topological polar surface area (TPSA) is 42.3 Å². The lowest BCUT2D eigenvalue weighted by Gasteiger charge is -2.24. The Kier molecular flexibility index (Phi) is 6.72. The number of benzene rings is 2. The Balaban J connectivity index is 1.33. The molecule has 1 saturated heterocycles. The summed E-state index contributed by atoms with van der Waals surface area (Å²) >= 11 is 0. The number of para-hydroxylation sites is 1. The second kappa shape index (κ2) is 9.83. The van der Waals surface area contributed by atoms with Gasteiger partial charge in [-0.25, -0.2) is 4.98 Å². The molecular weight excluding hydrogens is 360 g/mol. The number of aromatic nitrogens is 2. The van der Waals surface area contributed by atoms with Crippen LogP contribution in [-0.4, -0.2) is 46.8 Å². The van der Waals surface area contributed by atoms with Crippen LogP contribution in [0.15, 0.2) is 66.9 Å². The van der Waals surface area contributed by atoms with Crippen LogP contribution in [0.3, 0.4) is 0 Å². The summed E-state index contributed by atoms with van der Waals surface area (Å²) in [7, 11) is 0. The Bertz CT molecular complexity index is 878. The number of nitrogens with one attached hydrogen (secondary N) is 1. The van der Waals surface area contributed by atoms with Gasteiger partial charge < -0.3 is 10.1 Å². The van der Waals surface area contributed by atoms with Gasteiger partial charge >= 0.3 is 0 Å². The summed E-state index contributed by atoms with van der Waals surface area (Å²) in [5, 5.41) is 3.59. The van der Waals surface area contributed by atoms with Gasteiger partial charge in [-0.3, -0.25) is 9.47 Å². The van der Waals surface area contributed by atoms with Crippen LogP contribution in [0, 0.1) is 6.92 Å². The van der Waals surface area contributed by atoms with Gasteiger partial charge in [-0.05, 0) is 31.0 Å². The highest BCUT2D eigenvalue weighted by Crippen LogP contribution is 2.15. The van der Waals surface area contributed by atoms with Gasteiger partial charge in [0.2, 0.25) is 0 Å². The maximum absolute atomic E-state index is 6.10. The van der Waals surface area contributed by atoms with Crippen LogP contribution in [0.25, 0.3) is 5.69 Å². The van der Waals surface area contributed by atoms with E-state index in [9.17, 15) is 0 Å². The summed E-state index contributed by atoms with van der Waals surface area (Å²) < 4.78 is 8.31. The smallest absolute Gasteiger partial charge is 0.110 e. The molecule has 5 heteroatoms. The highest BCUT2D eigenvalue weighted by molar-refractivity contribution is 5.35. The molecule has 1 aromatic heterocycles. The summed E-state index contributed by atoms with van der Waals surface area (Å²) in [5.74, 6) is 1.01. The molecule has 0 amide bonds. The highest BCUT2D eigenvalue weighted by Gasteiger charge is 2.19. The van der Waals surface area contributed by atoms with Gasteiger partial charge in [0, 0.05) is 45.0 Å². The number of hydrogen-bond donors (Lipinski definition) is 1. The Labute approximate surface area is 173 Å². The van der Waals surface area contributed by atoms with Crippen molar-refractivity contribution in [3.05, 3.63) is 83.9 Å². The van der Waals surface area contributed by atoms with E-state index < -0.39 is 0 Å². The highest BCUT2D eigenvalue weighted by atomic mass is 16.5. The van der Waals surface area contributed by atoms with Crippen molar-refractivity contribution in [2.24, 2.45) is 0 Å². The first kappa shape index (κ1) is 19.8. The molecule has 1 fully saturated rings. The first-order chi connectivity index (χ1) is 14.3. The number of imidazole rings is 1. The van der Waals surface area contributed by atoms with Crippen LogP contribution in [0.2, 0.25) is 0 Å². The number of ether oxygens (including phenoxy) is 1. The van der Waals surface area contributed by atoms with Crippen molar-refractivity contribution in [1.82, 2.24) is 19.8 Å². The zero-order chi connectivity index (χ0) is 19.9. The summed E-state index contributed by atoms with van der Waals surface area (Å²) in [6, 6.07) is 21.1. The Hall–Kier alpha value is -2.47. The van der Waals surface area contributed by atoms with Gasteiger partial charge in [0.1, 0.15) is 5.82 Å². The molecule has 1 aliphatic heterocycles. The minimum Gasteiger partial charge on any atom is -0.376 e. The van der Waals surface area contributed by atoms with E-state index in [0.29, 0.717) is 0 Å². The third kappa shape index (κ3) is 5.32. The third-order valence-electron chi connectivity index (χ3n) is 5.39. The second-order valence-corrected chi connectivity index (χ2v) is 7.67. The van der Waals surface area contributed by atoms with Gasteiger partial charge in [0.15, 0.2) is 0 Å². The Morgan fingerprint density at radius 2 is 1.83 bits per heavy atom. The third-order valence-corrected chi connectivity index (χ3v) is 5.39. The molecule has 0 saturated carbocycles. The molecule has 5 nitrogen and oxygen atoms in total. The van der Waals surface area contributed by atoms with Crippen LogP contribution in [0.5, 0.6) is 0 Å². The van der Waals surface area contributed by atoms with Gasteiger partial charge in [-0.15, -0.1) is 0 Å². The molecule has 152 valence electrons. The minimum absolute atomic E-state index is 0.204. The summed E-state index contributed by atoms with van der Waals surface area (Å²) in [6.07, 6.45) is 3.25. The molecular formula is C24H30N4O. The molecule has 0 unspecified atom stereocenters. The van der Waals surface area contributed by atoms with E-state index in [2.05, 4.69) is 74.4 Å². The van der Waals surface area contributed by atoms with Crippen LogP contribution < -0.4 is 5.32 Å². The molecule has 0 bridgehead atoms. The van der Waals surface area contributed by atoms with E-state index in [1.165, 1.54) is 11.3 Å². The van der Waals surface area contributed by atoms with Crippen molar-refractivity contribution in [3.8, 4) is 5.69 Å². The van der Waals surface area contributed by atoms with Gasteiger partial charge in [0.25, 0.3) is 0 Å². The number of aryl methyl sites for hydroxylation is 1. The van der Waals surface area contributed by atoms with Crippen molar-refractivity contribution in [3.63, 3.8) is 0 Å². The summed E-state index contributed by atoms with van der Waals surface area (Å²) in [4.78, 5) is 7.02. The lowest BCUT2D eigenvalue weighted by atomic mass is 10.2. The zero-order valence-electron chi connectivity index (χ0n) is 17.1. The van der Waals surface area contributed by atoms with Gasteiger partial charge in [0.05, 0.1) is 18.0 Å². The van der Waals surface area contributed by atoms with Crippen LogP contribution in [-0.2, 0) is 17.8 Å². The van der Waals surface area contributed by atoms with E-state index >= 15 is 0 Å². The van der Waals surface area contributed by atoms with Crippen molar-refractivity contribution >= 4 is 0 Å². The lowest BCUT2D eigenvalue weighted by Crippen LogP contribution is -2.38. The number of rotatable bonds is 7. The fourth-order valence-corrected chi connectivity index (χ4v) is 3.99. The van der Waals surface area contributed by atoms with E-state index in [0.717, 1.165) is 57.3 Å². The average molecular weight is 391 g/mol. The molecule has 0 spiro atoms. The maximum atomic E-state index is 6.10. The molecule has 4 rings (SSSR count). The van der Waals surface area contributed by atoms with E-state index in [1.54, 1.807) is 0 Å². The number of nitrogens with zero attached hydrogens (tertiary/aromatic N) is 3. The predicted molar refractivity (Wildman–Crippen MR) is 116 cm³/mol.